The van der Waals surface area contributed by atoms with E-state index >= 15 is 0 Å². The van der Waals surface area contributed by atoms with Crippen molar-refractivity contribution in [3.05, 3.63) is 36.7 Å². The molecule has 1 fully saturated rings. The Hall–Kier alpha value is -3.96. The third-order valence-corrected chi connectivity index (χ3v) is 14.3. The van der Waals surface area contributed by atoms with Crippen LogP contribution in [-0.2, 0) is 51.5 Å². The van der Waals surface area contributed by atoms with Gasteiger partial charge in [0.05, 0.1) is 24.8 Å². The maximum Gasteiger partial charge on any atom is 0.485 e. The van der Waals surface area contributed by atoms with E-state index in [9.17, 15) is 27.6 Å². The fraction of sp³-hybridized carbons (Fsp3) is 0.700. The molecular weight excluding hydrogens is 860 g/mol. The average molecular weight is 926 g/mol. The Labute approximate surface area is 364 Å². The summed E-state index contributed by atoms with van der Waals surface area (Å²) in [6.07, 6.45) is 1.90. The first-order chi connectivity index (χ1) is 27.9. The molecule has 17 nitrogen and oxygen atoms in total. The van der Waals surface area contributed by atoms with Crippen LogP contribution in [0.4, 0.5) is 22.8 Å². The number of carbonyl (C=O) groups is 3. The maximum atomic E-state index is 12.7. The predicted molar refractivity (Wildman–Crippen MR) is 224 cm³/mol. The van der Waals surface area contributed by atoms with Crippen molar-refractivity contribution in [2.45, 2.75) is 149 Å². The number of benzene rings is 1. The first-order valence-electron chi connectivity index (χ1n) is 20.0. The SMILES string of the molecule is CC(C)(C)OC(=O)NC[C@@H](C[n+]1cc(-c2ccc(OC[C@H](ON)C(=O)OC(C)(C)C)cc2)cn1CC1CN(C(=O)OC(C)(C)C)C1)O[Si](C)(C)C(C)(C)C.O=S(=O)([O-])C(F)(F)F. The summed E-state index contributed by atoms with van der Waals surface area (Å²) in [4.78, 5) is 44.4. The summed E-state index contributed by atoms with van der Waals surface area (Å²) in [6.45, 7) is 29.7. The lowest BCUT2D eigenvalue weighted by Gasteiger charge is -2.39. The molecule has 22 heteroatoms. The minimum atomic E-state index is -6.09. The van der Waals surface area contributed by atoms with Crippen LogP contribution in [0, 0.1) is 5.92 Å². The number of nitrogens with zero attached hydrogens (tertiary/aromatic N) is 3. The number of nitrogens with one attached hydrogen (secondary N) is 1. The standard InChI is InChI=1S/C39H65N5O9Si.CHF3O3S/c1-36(2,3)49-33(45)32(52-40)26-48-30-17-15-28(16-18-30)29-23-43(22-27-20-42(21-27)35(47)51-38(7,8)9)44(24-29)25-31(53-54(13,14)39(10,11)12)19-41-34(46)50-37(4,5)6;2-1(3,4)8(5,6)7/h15-18,23-24,27,31-32H,19-22,25-26,40H2,1-14H3;(H,5,6,7)/t31-,32-;/m0./s1. The van der Waals surface area contributed by atoms with Crippen molar-refractivity contribution >= 4 is 36.6 Å². The average Bonchev–Trinajstić information content (AvgIpc) is 3.43. The molecule has 2 heterocycles. The minimum absolute atomic E-state index is 0.0565. The van der Waals surface area contributed by atoms with Crippen molar-refractivity contribution in [1.29, 1.82) is 0 Å². The number of ether oxygens (including phenoxy) is 4. The quantitative estimate of drug-likeness (QED) is 0.0408. The predicted octanol–water partition coefficient (Wildman–Crippen LogP) is 6.26. The van der Waals surface area contributed by atoms with E-state index in [1.165, 1.54) is 0 Å². The zero-order chi connectivity index (χ0) is 47.9. The van der Waals surface area contributed by atoms with E-state index < -0.39 is 58.9 Å². The third-order valence-electron chi connectivity index (χ3n) is 9.20. The lowest BCUT2D eigenvalue weighted by molar-refractivity contribution is -0.780. The van der Waals surface area contributed by atoms with Crippen LogP contribution in [0.25, 0.3) is 11.1 Å². The molecule has 1 aliphatic heterocycles. The molecule has 3 N–H and O–H groups in total. The molecule has 1 aromatic heterocycles. The molecule has 2 aromatic rings. The highest BCUT2D eigenvalue weighted by molar-refractivity contribution is 7.86. The molecular formula is C40H66F3N5O12SSi. The number of hydrogen-bond donors (Lipinski definition) is 2. The summed E-state index contributed by atoms with van der Waals surface area (Å²) in [7, 11) is -8.35. The third kappa shape index (κ3) is 18.4. The number of esters is 1. The topological polar surface area (TPSA) is 214 Å². The molecule has 0 aliphatic carbocycles. The van der Waals surface area contributed by atoms with Crippen molar-refractivity contribution in [1.82, 2.24) is 14.9 Å². The van der Waals surface area contributed by atoms with Gasteiger partial charge in [-0.25, -0.2) is 28.7 Å². The minimum Gasteiger partial charge on any atom is -0.741 e. The number of likely N-dealkylation sites (tertiary alicyclic amines) is 1. The summed E-state index contributed by atoms with van der Waals surface area (Å²) in [6, 6.07) is 7.51. The highest BCUT2D eigenvalue weighted by atomic mass is 32.2. The highest BCUT2D eigenvalue weighted by Gasteiger charge is 2.41. The Balaban J connectivity index is 0.00000150. The lowest BCUT2D eigenvalue weighted by atomic mass is 10.0. The van der Waals surface area contributed by atoms with Crippen LogP contribution in [0.5, 0.6) is 5.75 Å². The summed E-state index contributed by atoms with van der Waals surface area (Å²) >= 11 is 0. The Morgan fingerprint density at radius 3 is 1.85 bits per heavy atom. The van der Waals surface area contributed by atoms with E-state index in [1.54, 1.807) is 25.7 Å². The van der Waals surface area contributed by atoms with Crippen LogP contribution in [-0.4, -0.2) is 110 Å². The first-order valence-corrected chi connectivity index (χ1v) is 24.3. The van der Waals surface area contributed by atoms with Crippen molar-refractivity contribution < 1.29 is 73.4 Å². The lowest BCUT2D eigenvalue weighted by Crippen LogP contribution is -2.57. The number of alkyl carbamates (subject to hydrolysis) is 1. The van der Waals surface area contributed by atoms with Gasteiger partial charge in [0.1, 0.15) is 35.3 Å². The van der Waals surface area contributed by atoms with Crippen LogP contribution >= 0.6 is 0 Å². The molecule has 2 atom stereocenters. The monoisotopic (exact) mass is 925 g/mol. The van der Waals surface area contributed by atoms with Crippen LogP contribution in [0.1, 0.15) is 83.1 Å². The molecule has 1 aromatic carbocycles. The number of alkyl halides is 3. The second-order valence-corrected chi connectivity index (χ2v) is 25.6. The van der Waals surface area contributed by atoms with E-state index in [0.717, 1.165) is 11.1 Å². The van der Waals surface area contributed by atoms with E-state index in [1.807, 2.05) is 65.8 Å². The van der Waals surface area contributed by atoms with Gasteiger partial charge in [0, 0.05) is 19.0 Å². The Bertz CT molecular complexity index is 1910. The summed E-state index contributed by atoms with van der Waals surface area (Å²) in [5, 5.41) is 2.88. The Morgan fingerprint density at radius 2 is 1.40 bits per heavy atom. The molecule has 62 heavy (non-hydrogen) atoms. The highest BCUT2D eigenvalue weighted by Crippen LogP contribution is 2.37. The number of halogens is 3. The molecule has 0 radical (unpaired) electrons. The van der Waals surface area contributed by atoms with Crippen LogP contribution < -0.4 is 20.6 Å². The van der Waals surface area contributed by atoms with Crippen LogP contribution in [0.3, 0.4) is 0 Å². The van der Waals surface area contributed by atoms with Gasteiger partial charge in [-0.05, 0) is 98.1 Å². The smallest absolute Gasteiger partial charge is 0.485 e. The number of aromatic nitrogens is 2. The number of rotatable bonds is 14. The largest absolute Gasteiger partial charge is 0.741 e. The van der Waals surface area contributed by atoms with E-state index in [2.05, 4.69) is 60.9 Å². The maximum absolute atomic E-state index is 12.7. The molecule has 1 aliphatic rings. The van der Waals surface area contributed by atoms with Gasteiger partial charge in [-0.15, -0.1) is 4.68 Å². The van der Waals surface area contributed by atoms with Crippen molar-refractivity contribution in [3.8, 4) is 16.9 Å². The summed E-state index contributed by atoms with van der Waals surface area (Å²) in [5.74, 6) is 5.51. The van der Waals surface area contributed by atoms with Gasteiger partial charge < -0.3 is 38.1 Å². The van der Waals surface area contributed by atoms with Gasteiger partial charge in [0.25, 0.3) is 0 Å². The molecule has 2 amide bonds. The fourth-order valence-corrected chi connectivity index (χ4v) is 6.64. The molecule has 3 rings (SSSR count). The number of amides is 2. The van der Waals surface area contributed by atoms with Gasteiger partial charge in [-0.3, -0.25) is 4.84 Å². The van der Waals surface area contributed by atoms with E-state index in [-0.39, 0.29) is 36.3 Å². The number of carbonyl (C=O) groups excluding carboxylic acids is 3. The second-order valence-electron chi connectivity index (χ2n) is 19.5. The zero-order valence-corrected chi connectivity index (χ0v) is 40.1. The fourth-order valence-electron chi connectivity index (χ4n) is 5.30. The van der Waals surface area contributed by atoms with Crippen molar-refractivity contribution in [3.63, 3.8) is 0 Å². The number of hydrogen-bond acceptors (Lipinski definition) is 13. The van der Waals surface area contributed by atoms with Gasteiger partial charge in [-0.2, -0.15) is 17.9 Å². The molecule has 0 saturated carbocycles. The molecule has 0 bridgehead atoms. The summed E-state index contributed by atoms with van der Waals surface area (Å²) < 4.78 is 92.4. The van der Waals surface area contributed by atoms with Crippen LogP contribution in [0.15, 0.2) is 36.7 Å². The number of nitrogens with two attached hydrogens (primary N) is 1. The van der Waals surface area contributed by atoms with Crippen LogP contribution in [0.2, 0.25) is 18.1 Å². The Kier molecular flexibility index (Phi) is 18.1. The second kappa shape index (κ2) is 20.7. The van der Waals surface area contributed by atoms with Crippen molar-refractivity contribution in [2.24, 2.45) is 11.8 Å². The zero-order valence-electron chi connectivity index (χ0n) is 38.3. The van der Waals surface area contributed by atoms with Gasteiger partial charge in [0.2, 0.25) is 12.3 Å². The molecule has 0 spiro atoms. The first kappa shape index (κ1) is 54.2. The van der Waals surface area contributed by atoms with E-state index in [0.29, 0.717) is 31.9 Å². The normalized spacial score (nSPS) is 15.4. The van der Waals surface area contributed by atoms with Crippen molar-refractivity contribution in [2.75, 3.05) is 26.2 Å². The Morgan fingerprint density at radius 1 is 0.887 bits per heavy atom. The van der Waals surface area contributed by atoms with Gasteiger partial charge in [-0.1, -0.05) is 32.9 Å². The molecule has 0 unspecified atom stereocenters. The summed E-state index contributed by atoms with van der Waals surface area (Å²) in [5.41, 5.74) is -5.64. The molecule has 354 valence electrons. The van der Waals surface area contributed by atoms with E-state index in [4.69, 9.17) is 47.1 Å². The molecule has 1 saturated heterocycles. The van der Waals surface area contributed by atoms with Gasteiger partial charge in [0.15, 0.2) is 25.0 Å². The van der Waals surface area contributed by atoms with Gasteiger partial charge >= 0.3 is 23.7 Å².